The first-order valence-electron chi connectivity index (χ1n) is 15.8. The molecule has 4 aromatic rings. The lowest BCUT2D eigenvalue weighted by Gasteiger charge is -2.43. The molecule has 2 fully saturated rings. The molecule has 2 N–H and O–H groups in total. The van der Waals surface area contributed by atoms with Gasteiger partial charge >= 0.3 is 0 Å². The maximum atomic E-state index is 5.92. The Bertz CT molecular complexity index is 1660. The second-order valence-electron chi connectivity index (χ2n) is 11.8. The zero-order chi connectivity index (χ0) is 32.2. The summed E-state index contributed by atoms with van der Waals surface area (Å²) in [5, 5.41) is 6.94. The Morgan fingerprint density at radius 1 is 1.00 bits per heavy atom. The lowest BCUT2D eigenvalue weighted by atomic mass is 9.99. The number of ether oxygens (including phenoxy) is 1. The lowest BCUT2D eigenvalue weighted by Crippen LogP contribution is -2.52. The molecule has 0 unspecified atom stereocenters. The van der Waals surface area contributed by atoms with E-state index < -0.39 is 0 Å². The summed E-state index contributed by atoms with van der Waals surface area (Å²) in [6.07, 6.45) is 10.5. The SMILES string of the molecule is CCc1cc(Nc2ncc(Br)c(Nc3ccc4nccnc4c3N(C)SC)n2)c(OC)cc1N1CCC(N2CCN(C)CC2)CC1. The normalized spacial score (nSPS) is 16.5. The average molecular weight is 708 g/mol. The molecule has 2 aromatic carbocycles. The van der Waals surface area contributed by atoms with Gasteiger partial charge in [0.1, 0.15) is 17.1 Å². The van der Waals surface area contributed by atoms with Crippen molar-refractivity contribution >= 4 is 73.4 Å². The second kappa shape index (κ2) is 14.6. The van der Waals surface area contributed by atoms with Gasteiger partial charge in [0.2, 0.25) is 5.95 Å². The van der Waals surface area contributed by atoms with E-state index in [9.17, 15) is 0 Å². The van der Waals surface area contributed by atoms with E-state index in [0.29, 0.717) is 17.8 Å². The van der Waals surface area contributed by atoms with Crippen LogP contribution in [0.15, 0.2) is 47.3 Å². The van der Waals surface area contributed by atoms with Gasteiger partial charge in [-0.25, -0.2) is 4.98 Å². The highest BCUT2D eigenvalue weighted by molar-refractivity contribution is 9.10. The van der Waals surface area contributed by atoms with Crippen LogP contribution in [-0.4, -0.2) is 103 Å². The monoisotopic (exact) mass is 706 g/mol. The molecule has 2 aliphatic rings. The van der Waals surface area contributed by atoms with Crippen LogP contribution < -0.4 is 24.6 Å². The molecule has 2 aliphatic heterocycles. The predicted molar refractivity (Wildman–Crippen MR) is 194 cm³/mol. The van der Waals surface area contributed by atoms with Crippen molar-refractivity contribution in [1.82, 2.24) is 29.7 Å². The smallest absolute Gasteiger partial charge is 0.229 e. The van der Waals surface area contributed by atoms with Crippen molar-refractivity contribution in [3.63, 3.8) is 0 Å². The molecule has 0 bridgehead atoms. The molecule has 2 aromatic heterocycles. The zero-order valence-electron chi connectivity index (χ0n) is 27.3. The first-order chi connectivity index (χ1) is 22.4. The number of fused-ring (bicyclic) bond motifs is 1. The molecule has 0 aliphatic carbocycles. The number of hydrogen-bond acceptors (Lipinski definition) is 12. The van der Waals surface area contributed by atoms with Crippen LogP contribution in [0.1, 0.15) is 25.3 Å². The van der Waals surface area contributed by atoms with E-state index in [4.69, 9.17) is 9.72 Å². The van der Waals surface area contributed by atoms with E-state index in [1.54, 1.807) is 37.6 Å². The predicted octanol–water partition coefficient (Wildman–Crippen LogP) is 6.17. The van der Waals surface area contributed by atoms with Crippen LogP contribution in [0.3, 0.4) is 0 Å². The third-order valence-corrected chi connectivity index (χ3v) is 10.4. The quantitative estimate of drug-likeness (QED) is 0.185. The summed E-state index contributed by atoms with van der Waals surface area (Å²) in [6.45, 7) is 9.01. The number of halogens is 1. The largest absolute Gasteiger partial charge is 0.494 e. The maximum Gasteiger partial charge on any atom is 0.229 e. The Morgan fingerprint density at radius 2 is 1.76 bits per heavy atom. The Balaban J connectivity index is 1.22. The van der Waals surface area contributed by atoms with E-state index in [1.807, 2.05) is 25.4 Å². The van der Waals surface area contributed by atoms with Crippen molar-refractivity contribution in [2.75, 3.05) is 86.6 Å². The van der Waals surface area contributed by atoms with Crippen molar-refractivity contribution in [1.29, 1.82) is 0 Å². The summed E-state index contributed by atoms with van der Waals surface area (Å²) in [4.78, 5) is 26.2. The highest BCUT2D eigenvalue weighted by Crippen LogP contribution is 2.39. The highest BCUT2D eigenvalue weighted by Gasteiger charge is 2.28. The number of anilines is 6. The number of hydrogen-bond donors (Lipinski definition) is 2. The van der Waals surface area contributed by atoms with Gasteiger partial charge in [0.05, 0.1) is 34.2 Å². The fourth-order valence-electron chi connectivity index (χ4n) is 6.41. The number of aromatic nitrogens is 4. The fourth-order valence-corrected chi connectivity index (χ4v) is 7.07. The molecule has 6 rings (SSSR count). The Hall–Kier alpha value is -3.39. The van der Waals surface area contributed by atoms with Gasteiger partial charge < -0.3 is 29.5 Å². The number of nitrogens with zero attached hydrogens (tertiary/aromatic N) is 8. The number of benzene rings is 2. The van der Waals surface area contributed by atoms with Crippen LogP contribution >= 0.6 is 27.9 Å². The molecule has 0 atom stereocenters. The standard InChI is InChI=1S/C33H43BrN10OS/c1-6-22-19-27(29(45-4)20-28(22)44-13-9-23(10-14-44)43-17-15-41(2)16-18-43)39-33-37-21-24(34)32(40-33)38-26-8-7-25-30(36-12-11-35-25)31(26)42(3)46-5/h7-8,11-12,19-21,23H,6,9-10,13-18H2,1-5H3,(H2,37,38,39,40). The Labute approximate surface area is 284 Å². The molecule has 46 heavy (non-hydrogen) atoms. The Morgan fingerprint density at radius 3 is 2.48 bits per heavy atom. The number of likely N-dealkylation sites (N-methyl/N-ethyl adjacent to an activating group) is 1. The van der Waals surface area contributed by atoms with E-state index in [0.717, 1.165) is 57.8 Å². The summed E-state index contributed by atoms with van der Waals surface area (Å²) < 4.78 is 8.73. The number of methoxy groups -OCH3 is 1. The molecule has 4 heterocycles. The van der Waals surface area contributed by atoms with Gasteiger partial charge in [-0.1, -0.05) is 18.9 Å². The summed E-state index contributed by atoms with van der Waals surface area (Å²) in [5.74, 6) is 1.87. The lowest BCUT2D eigenvalue weighted by molar-refractivity contribution is 0.0982. The van der Waals surface area contributed by atoms with E-state index in [2.05, 4.69) is 86.6 Å². The third-order valence-electron chi connectivity index (χ3n) is 9.09. The highest BCUT2D eigenvalue weighted by atomic mass is 79.9. The Kier molecular flexibility index (Phi) is 10.3. The topological polar surface area (TPSA) is 97.8 Å². The average Bonchev–Trinajstić information content (AvgIpc) is 3.09. The van der Waals surface area contributed by atoms with Crippen molar-refractivity contribution in [3.05, 3.63) is 52.9 Å². The molecule has 244 valence electrons. The van der Waals surface area contributed by atoms with E-state index in [1.165, 1.54) is 50.3 Å². The molecule has 0 radical (unpaired) electrons. The van der Waals surface area contributed by atoms with Crippen LogP contribution in [0, 0.1) is 0 Å². The van der Waals surface area contributed by atoms with Gasteiger partial charge in [-0.2, -0.15) is 4.98 Å². The number of aryl methyl sites for hydroxylation is 1. The van der Waals surface area contributed by atoms with Gasteiger partial charge in [-0.05, 0) is 66.0 Å². The number of piperidine rings is 1. The van der Waals surface area contributed by atoms with Gasteiger partial charge in [0.15, 0.2) is 0 Å². The van der Waals surface area contributed by atoms with Crippen molar-refractivity contribution in [2.24, 2.45) is 0 Å². The fraction of sp³-hybridized carbons (Fsp3) is 0.455. The van der Waals surface area contributed by atoms with Crippen molar-refractivity contribution < 1.29 is 4.74 Å². The molecule has 0 spiro atoms. The minimum atomic E-state index is 0.465. The molecular formula is C33H43BrN10OS. The van der Waals surface area contributed by atoms with Gasteiger partial charge in [-0.15, -0.1) is 0 Å². The van der Waals surface area contributed by atoms with Gasteiger partial charge in [-0.3, -0.25) is 14.9 Å². The summed E-state index contributed by atoms with van der Waals surface area (Å²) in [7, 11) is 5.95. The van der Waals surface area contributed by atoms with Crippen LogP contribution in [0.25, 0.3) is 11.0 Å². The van der Waals surface area contributed by atoms with Gasteiger partial charge in [0.25, 0.3) is 0 Å². The van der Waals surface area contributed by atoms with Crippen LogP contribution in [0.2, 0.25) is 0 Å². The van der Waals surface area contributed by atoms with Crippen LogP contribution in [0.4, 0.5) is 34.5 Å². The number of nitrogens with one attached hydrogen (secondary N) is 2. The van der Waals surface area contributed by atoms with Crippen molar-refractivity contribution in [3.8, 4) is 5.75 Å². The summed E-state index contributed by atoms with van der Waals surface area (Å²) in [5.41, 5.74) is 6.80. The van der Waals surface area contributed by atoms with Crippen molar-refractivity contribution in [2.45, 2.75) is 32.2 Å². The number of piperazine rings is 1. The van der Waals surface area contributed by atoms with Crippen LogP contribution in [0.5, 0.6) is 5.75 Å². The second-order valence-corrected chi connectivity index (χ2v) is 13.6. The number of rotatable bonds is 10. The minimum absolute atomic E-state index is 0.465. The molecular weight excluding hydrogens is 664 g/mol. The zero-order valence-corrected chi connectivity index (χ0v) is 29.7. The molecule has 11 nitrogen and oxygen atoms in total. The first kappa shape index (κ1) is 32.5. The molecule has 2 saturated heterocycles. The van der Waals surface area contributed by atoms with Gasteiger partial charge in [0, 0.05) is 89.0 Å². The summed E-state index contributed by atoms with van der Waals surface area (Å²) in [6, 6.07) is 9.01. The maximum absolute atomic E-state index is 5.92. The molecule has 13 heteroatoms. The third kappa shape index (κ3) is 6.97. The van der Waals surface area contributed by atoms with E-state index >= 15 is 0 Å². The first-order valence-corrected chi connectivity index (χ1v) is 17.8. The van der Waals surface area contributed by atoms with E-state index in [-0.39, 0.29) is 0 Å². The minimum Gasteiger partial charge on any atom is -0.494 e. The molecule has 0 saturated carbocycles. The van der Waals surface area contributed by atoms with Crippen LogP contribution in [-0.2, 0) is 6.42 Å². The molecule has 0 amide bonds. The summed E-state index contributed by atoms with van der Waals surface area (Å²) >= 11 is 5.24.